The predicted octanol–water partition coefficient (Wildman–Crippen LogP) is -0.00578. The maximum Gasteiger partial charge on any atom is 0.512 e. The topological polar surface area (TPSA) is 136 Å². The van der Waals surface area contributed by atoms with Crippen LogP contribution in [0, 0.1) is 6.92 Å². The fourth-order valence-electron chi connectivity index (χ4n) is 1.07. The highest BCUT2D eigenvalue weighted by Crippen LogP contribution is 2.22. The van der Waals surface area contributed by atoms with Crippen LogP contribution in [0.2, 0.25) is 0 Å². The molecule has 0 bridgehead atoms. The highest BCUT2D eigenvalue weighted by Gasteiger charge is 2.22. The molecule has 0 aliphatic rings. The van der Waals surface area contributed by atoms with Crippen molar-refractivity contribution in [2.24, 2.45) is 5.73 Å². The average Bonchev–Trinajstić information content (AvgIpc) is 2.48. The molecule has 1 unspecified atom stereocenters. The SMILES string of the molecule is Cc1onc(OC(=O)O)c1CC(N)C(=O)O. The first-order chi connectivity index (χ1) is 7.41. The van der Waals surface area contributed by atoms with Gasteiger partial charge in [-0.2, -0.15) is 0 Å². The number of rotatable bonds is 4. The van der Waals surface area contributed by atoms with Crippen molar-refractivity contribution in [3.05, 3.63) is 11.3 Å². The Morgan fingerprint density at radius 3 is 2.69 bits per heavy atom. The number of hydrogen-bond acceptors (Lipinski definition) is 6. The molecule has 0 spiro atoms. The highest BCUT2D eigenvalue weighted by atomic mass is 16.7. The zero-order valence-electron chi connectivity index (χ0n) is 8.34. The summed E-state index contributed by atoms with van der Waals surface area (Å²) in [6, 6.07) is -1.17. The molecule has 16 heavy (non-hydrogen) atoms. The highest BCUT2D eigenvalue weighted by molar-refractivity contribution is 5.73. The van der Waals surface area contributed by atoms with E-state index in [1.165, 1.54) is 6.92 Å². The van der Waals surface area contributed by atoms with E-state index < -0.39 is 18.2 Å². The lowest BCUT2D eigenvalue weighted by atomic mass is 10.1. The Balaban J connectivity index is 2.89. The minimum atomic E-state index is -1.56. The molecule has 0 aliphatic heterocycles. The van der Waals surface area contributed by atoms with Crippen molar-refractivity contribution in [3.63, 3.8) is 0 Å². The zero-order valence-corrected chi connectivity index (χ0v) is 8.34. The Labute approximate surface area is 89.6 Å². The van der Waals surface area contributed by atoms with Crippen LogP contribution in [0.4, 0.5) is 4.79 Å². The number of carboxylic acids is 1. The van der Waals surface area contributed by atoms with Crippen LogP contribution in [0.1, 0.15) is 11.3 Å². The lowest BCUT2D eigenvalue weighted by Crippen LogP contribution is -2.32. The molecule has 0 aromatic carbocycles. The second-order valence-electron chi connectivity index (χ2n) is 3.04. The molecule has 0 saturated heterocycles. The molecule has 88 valence electrons. The molecule has 0 saturated carbocycles. The smallest absolute Gasteiger partial charge is 0.480 e. The van der Waals surface area contributed by atoms with Crippen molar-refractivity contribution in [1.82, 2.24) is 5.16 Å². The molecule has 0 aliphatic carbocycles. The molecule has 0 amide bonds. The fourth-order valence-corrected chi connectivity index (χ4v) is 1.07. The van der Waals surface area contributed by atoms with Gasteiger partial charge < -0.3 is 25.2 Å². The van der Waals surface area contributed by atoms with Gasteiger partial charge in [0.25, 0.3) is 5.88 Å². The van der Waals surface area contributed by atoms with E-state index in [4.69, 9.17) is 20.5 Å². The summed E-state index contributed by atoms with van der Waals surface area (Å²) in [6.45, 7) is 1.51. The maximum atomic E-state index is 10.5. The molecular weight excluding hydrogens is 220 g/mol. The van der Waals surface area contributed by atoms with Crippen molar-refractivity contribution < 1.29 is 29.1 Å². The molecule has 1 aromatic rings. The van der Waals surface area contributed by atoms with E-state index in [9.17, 15) is 9.59 Å². The van der Waals surface area contributed by atoms with Crippen LogP contribution in [-0.2, 0) is 11.2 Å². The van der Waals surface area contributed by atoms with E-state index in [1.54, 1.807) is 0 Å². The van der Waals surface area contributed by atoms with Crippen LogP contribution in [0.15, 0.2) is 4.52 Å². The summed E-state index contributed by atoms with van der Waals surface area (Å²) >= 11 is 0. The molecule has 1 heterocycles. The van der Waals surface area contributed by atoms with Gasteiger partial charge in [0.15, 0.2) is 0 Å². The first-order valence-corrected chi connectivity index (χ1v) is 4.26. The van der Waals surface area contributed by atoms with E-state index in [2.05, 4.69) is 9.89 Å². The summed E-state index contributed by atoms with van der Waals surface area (Å²) < 4.78 is 9.00. The molecule has 1 atom stereocenters. The number of carboxylic acid groups (broad SMARTS) is 2. The quantitative estimate of drug-likeness (QED) is 0.614. The van der Waals surface area contributed by atoms with E-state index >= 15 is 0 Å². The van der Waals surface area contributed by atoms with E-state index in [1.807, 2.05) is 0 Å². The summed E-state index contributed by atoms with van der Waals surface area (Å²) in [5.74, 6) is -1.21. The summed E-state index contributed by atoms with van der Waals surface area (Å²) in [7, 11) is 0. The van der Waals surface area contributed by atoms with Crippen molar-refractivity contribution in [2.75, 3.05) is 0 Å². The second kappa shape index (κ2) is 4.62. The second-order valence-corrected chi connectivity index (χ2v) is 3.04. The summed E-state index contributed by atoms with van der Waals surface area (Å²) in [5, 5.41) is 20.3. The molecule has 1 aromatic heterocycles. The number of nitrogens with zero attached hydrogens (tertiary/aromatic N) is 1. The van der Waals surface area contributed by atoms with Crippen LogP contribution >= 0.6 is 0 Å². The van der Waals surface area contributed by atoms with Crippen LogP contribution in [0.25, 0.3) is 0 Å². The van der Waals surface area contributed by atoms with Crippen LogP contribution in [0.5, 0.6) is 5.88 Å². The van der Waals surface area contributed by atoms with Crippen LogP contribution in [0.3, 0.4) is 0 Å². The third-order valence-electron chi connectivity index (χ3n) is 1.87. The lowest BCUT2D eigenvalue weighted by molar-refractivity contribution is -0.138. The Bertz CT molecular complexity index is 413. The van der Waals surface area contributed by atoms with Gasteiger partial charge in [-0.05, 0) is 12.1 Å². The normalized spacial score (nSPS) is 12.1. The molecule has 0 fully saturated rings. The van der Waals surface area contributed by atoms with Gasteiger partial charge in [0.1, 0.15) is 11.8 Å². The Hall–Kier alpha value is -2.09. The monoisotopic (exact) mass is 230 g/mol. The molecule has 4 N–H and O–H groups in total. The molecular formula is C8H10N2O6. The van der Waals surface area contributed by atoms with Crippen molar-refractivity contribution in [3.8, 4) is 5.88 Å². The molecule has 8 nitrogen and oxygen atoms in total. The predicted molar refractivity (Wildman–Crippen MR) is 49.2 cm³/mol. The van der Waals surface area contributed by atoms with Crippen LogP contribution < -0.4 is 10.5 Å². The van der Waals surface area contributed by atoms with Gasteiger partial charge in [-0.25, -0.2) is 4.79 Å². The van der Waals surface area contributed by atoms with E-state index in [0.717, 1.165) is 0 Å². The third-order valence-corrected chi connectivity index (χ3v) is 1.87. The lowest BCUT2D eigenvalue weighted by Gasteiger charge is -2.05. The van der Waals surface area contributed by atoms with Gasteiger partial charge in [-0.15, -0.1) is 0 Å². The number of ether oxygens (including phenoxy) is 1. The number of aliphatic carboxylic acids is 1. The number of carbonyl (C=O) groups is 2. The summed E-state index contributed by atoms with van der Waals surface area (Å²) in [6.07, 6.45) is -1.67. The van der Waals surface area contributed by atoms with Crippen molar-refractivity contribution >= 4 is 12.1 Å². The van der Waals surface area contributed by atoms with Gasteiger partial charge in [0.05, 0.1) is 5.56 Å². The van der Waals surface area contributed by atoms with Gasteiger partial charge >= 0.3 is 12.1 Å². The fraction of sp³-hybridized carbons (Fsp3) is 0.375. The standard InChI is InChI=1S/C8H10N2O6/c1-3-4(2-5(9)7(11)12)6(10-16-3)15-8(13)14/h5H,2,9H2,1H3,(H,11,12)(H,13,14). The first-order valence-electron chi connectivity index (χ1n) is 4.26. The number of aromatic nitrogens is 1. The molecule has 1 rings (SSSR count). The average molecular weight is 230 g/mol. The molecule has 0 radical (unpaired) electrons. The van der Waals surface area contributed by atoms with E-state index in [0.29, 0.717) is 0 Å². The van der Waals surface area contributed by atoms with Crippen LogP contribution in [-0.4, -0.2) is 33.5 Å². The largest absolute Gasteiger partial charge is 0.512 e. The Kier molecular flexibility index (Phi) is 3.46. The van der Waals surface area contributed by atoms with Gasteiger partial charge in [-0.1, -0.05) is 0 Å². The Morgan fingerprint density at radius 2 is 2.19 bits per heavy atom. The van der Waals surface area contributed by atoms with Gasteiger partial charge in [0, 0.05) is 6.42 Å². The third kappa shape index (κ3) is 2.70. The minimum absolute atomic E-state index is 0.118. The van der Waals surface area contributed by atoms with Gasteiger partial charge in [0.2, 0.25) is 0 Å². The molecule has 8 heteroatoms. The van der Waals surface area contributed by atoms with Gasteiger partial charge in [-0.3, -0.25) is 4.79 Å². The van der Waals surface area contributed by atoms with Crippen molar-refractivity contribution in [2.45, 2.75) is 19.4 Å². The zero-order chi connectivity index (χ0) is 12.3. The summed E-state index contributed by atoms with van der Waals surface area (Å²) in [4.78, 5) is 20.8. The maximum absolute atomic E-state index is 10.5. The number of nitrogens with two attached hydrogens (primary N) is 1. The van der Waals surface area contributed by atoms with Crippen molar-refractivity contribution in [1.29, 1.82) is 0 Å². The first kappa shape index (κ1) is 12.0. The van der Waals surface area contributed by atoms with E-state index in [-0.39, 0.29) is 23.6 Å². The number of aryl methyl sites for hydroxylation is 1. The Morgan fingerprint density at radius 1 is 1.56 bits per heavy atom. The minimum Gasteiger partial charge on any atom is -0.480 e. The number of hydrogen-bond donors (Lipinski definition) is 3. The summed E-state index contributed by atoms with van der Waals surface area (Å²) in [5.41, 5.74) is 5.54.